The van der Waals surface area contributed by atoms with Gasteiger partial charge in [-0.05, 0) is 42.8 Å². The molecular weight excluding hydrogens is 454 g/mol. The van der Waals surface area contributed by atoms with Crippen LogP contribution in [0.3, 0.4) is 0 Å². The molecule has 5 rings (SSSR count). The van der Waals surface area contributed by atoms with Crippen LogP contribution in [0.5, 0.6) is 11.6 Å². The van der Waals surface area contributed by atoms with E-state index in [0.29, 0.717) is 23.1 Å². The number of amides is 1. The largest absolute Gasteiger partial charge is 0.438 e. The second-order valence-electron chi connectivity index (χ2n) is 7.74. The Balaban J connectivity index is 1.44. The third-order valence-corrected chi connectivity index (χ3v) is 6.45. The molecule has 7 heteroatoms. The monoisotopic (exact) mass is 473 g/mol. The summed E-state index contributed by atoms with van der Waals surface area (Å²) in [5.41, 5.74) is 4.58. The summed E-state index contributed by atoms with van der Waals surface area (Å²) < 4.78 is 6.13. The molecule has 1 aliphatic heterocycles. The number of hydrogen-bond donors (Lipinski definition) is 1. The first-order valence-electron chi connectivity index (χ1n) is 10.5. The van der Waals surface area contributed by atoms with E-state index >= 15 is 0 Å². The molecule has 0 unspecified atom stereocenters. The summed E-state index contributed by atoms with van der Waals surface area (Å²) >= 11 is 7.57. The number of carbonyl (C=O) groups excluding carboxylic acids is 1. The number of anilines is 1. The van der Waals surface area contributed by atoms with Gasteiger partial charge >= 0.3 is 0 Å². The molecule has 2 heterocycles. The van der Waals surface area contributed by atoms with Gasteiger partial charge in [0.15, 0.2) is 5.82 Å². The molecule has 0 saturated heterocycles. The first-order chi connectivity index (χ1) is 16.0. The average Bonchev–Trinajstić information content (AvgIpc) is 2.82. The van der Waals surface area contributed by atoms with Crippen LogP contribution in [-0.4, -0.2) is 21.6 Å². The first-order valence-corrected chi connectivity index (χ1v) is 11.8. The highest BCUT2D eigenvalue weighted by Gasteiger charge is 2.25. The topological polar surface area (TPSA) is 64.1 Å². The normalized spacial score (nSPS) is 11.8. The highest BCUT2D eigenvalue weighted by atomic mass is 35.5. The van der Waals surface area contributed by atoms with Gasteiger partial charge in [0.1, 0.15) is 10.8 Å². The van der Waals surface area contributed by atoms with E-state index in [1.807, 2.05) is 73.7 Å². The molecular formula is C26H20ClN3O2S. The van der Waals surface area contributed by atoms with Crippen molar-refractivity contribution in [3.05, 3.63) is 94.5 Å². The van der Waals surface area contributed by atoms with Gasteiger partial charge in [-0.1, -0.05) is 65.8 Å². The maximum atomic E-state index is 12.6. The summed E-state index contributed by atoms with van der Waals surface area (Å²) in [4.78, 5) is 22.1. The second-order valence-corrected chi connectivity index (χ2v) is 9.14. The zero-order valence-corrected chi connectivity index (χ0v) is 19.4. The number of hydrogen-bond acceptors (Lipinski definition) is 5. The zero-order chi connectivity index (χ0) is 22.8. The Labute approximate surface area is 201 Å². The van der Waals surface area contributed by atoms with Crippen molar-refractivity contribution in [1.82, 2.24) is 9.97 Å². The van der Waals surface area contributed by atoms with Gasteiger partial charge in [-0.15, -0.1) is 0 Å². The van der Waals surface area contributed by atoms with Gasteiger partial charge in [-0.2, -0.15) is 4.98 Å². The summed E-state index contributed by atoms with van der Waals surface area (Å²) in [6.07, 6.45) is 0.585. The van der Waals surface area contributed by atoms with Gasteiger partial charge in [-0.3, -0.25) is 4.79 Å². The van der Waals surface area contributed by atoms with Gasteiger partial charge in [0.05, 0.1) is 11.3 Å². The number of ether oxygens (including phenoxy) is 1. The molecule has 0 saturated carbocycles. The molecule has 0 radical (unpaired) electrons. The highest BCUT2D eigenvalue weighted by Crippen LogP contribution is 2.41. The number of carbonyl (C=O) groups is 1. The summed E-state index contributed by atoms with van der Waals surface area (Å²) in [6.45, 7) is 1.99. The van der Waals surface area contributed by atoms with Crippen LogP contribution in [0, 0.1) is 6.92 Å². The Hall–Kier alpha value is -3.35. The lowest BCUT2D eigenvalue weighted by Crippen LogP contribution is -2.15. The van der Waals surface area contributed by atoms with Crippen molar-refractivity contribution in [1.29, 1.82) is 0 Å². The van der Waals surface area contributed by atoms with Crippen molar-refractivity contribution in [2.75, 3.05) is 11.1 Å². The Kier molecular flexibility index (Phi) is 6.03. The van der Waals surface area contributed by atoms with E-state index in [-0.39, 0.29) is 11.7 Å². The fourth-order valence-electron chi connectivity index (χ4n) is 3.65. The van der Waals surface area contributed by atoms with Crippen molar-refractivity contribution in [3.8, 4) is 23.0 Å². The Morgan fingerprint density at radius 2 is 1.91 bits per heavy atom. The van der Waals surface area contributed by atoms with Crippen molar-refractivity contribution in [3.63, 3.8) is 0 Å². The number of nitrogens with zero attached hydrogens (tertiary/aromatic N) is 2. The lowest BCUT2D eigenvalue weighted by molar-refractivity contribution is -0.113. The summed E-state index contributed by atoms with van der Waals surface area (Å²) in [5, 5.41) is 4.32. The molecule has 4 aromatic rings. The van der Waals surface area contributed by atoms with Gasteiger partial charge < -0.3 is 10.1 Å². The Morgan fingerprint density at radius 1 is 1.06 bits per heavy atom. The van der Waals surface area contributed by atoms with E-state index < -0.39 is 0 Å². The van der Waals surface area contributed by atoms with Crippen LogP contribution in [0.15, 0.2) is 77.8 Å². The third-order valence-electron chi connectivity index (χ3n) is 5.20. The Morgan fingerprint density at radius 3 is 2.73 bits per heavy atom. The van der Waals surface area contributed by atoms with Crippen LogP contribution in [-0.2, 0) is 11.2 Å². The number of aromatic nitrogens is 2. The number of fused-ring (bicyclic) bond motifs is 2. The standard InChI is InChI=1S/C26H20ClN3O2S/c1-16-6-5-9-20(12-16)28-23(31)15-33-26-21-14-18-13-19(27)10-11-22(18)32-25(21)29-24(30-26)17-7-3-2-4-8-17/h2-13H,14-15H2,1H3,(H,28,31). The fraction of sp³-hybridized carbons (Fsp3) is 0.115. The molecule has 1 aromatic heterocycles. The van der Waals surface area contributed by atoms with Crippen molar-refractivity contribution in [2.24, 2.45) is 0 Å². The molecule has 0 atom stereocenters. The van der Waals surface area contributed by atoms with Crippen LogP contribution in [0.25, 0.3) is 11.4 Å². The van der Waals surface area contributed by atoms with E-state index in [4.69, 9.17) is 21.3 Å². The van der Waals surface area contributed by atoms with Crippen LogP contribution in [0.2, 0.25) is 5.02 Å². The molecule has 164 valence electrons. The highest BCUT2D eigenvalue weighted by molar-refractivity contribution is 8.00. The third kappa shape index (κ3) is 4.87. The number of aryl methyl sites for hydroxylation is 1. The molecule has 0 aliphatic carbocycles. The molecule has 1 N–H and O–H groups in total. The van der Waals surface area contributed by atoms with Crippen molar-refractivity contribution >= 4 is 35.0 Å². The minimum absolute atomic E-state index is 0.0978. The SMILES string of the molecule is Cc1cccc(NC(=O)CSc2nc(-c3ccccc3)nc3c2Cc2cc(Cl)ccc2O3)c1. The van der Waals surface area contributed by atoms with Crippen LogP contribution in [0.1, 0.15) is 16.7 Å². The minimum Gasteiger partial charge on any atom is -0.438 e. The summed E-state index contributed by atoms with van der Waals surface area (Å²) in [7, 11) is 0. The van der Waals surface area contributed by atoms with Crippen molar-refractivity contribution in [2.45, 2.75) is 18.4 Å². The quantitative estimate of drug-likeness (QED) is 0.232. The second kappa shape index (κ2) is 9.25. The molecule has 0 spiro atoms. The van der Waals surface area contributed by atoms with Crippen LogP contribution < -0.4 is 10.1 Å². The molecule has 1 amide bonds. The average molecular weight is 474 g/mol. The maximum absolute atomic E-state index is 12.6. The molecule has 3 aromatic carbocycles. The van der Waals surface area contributed by atoms with E-state index in [9.17, 15) is 4.79 Å². The molecule has 0 bridgehead atoms. The zero-order valence-electron chi connectivity index (χ0n) is 17.8. The maximum Gasteiger partial charge on any atom is 0.234 e. The molecule has 1 aliphatic rings. The first kappa shape index (κ1) is 21.5. The smallest absolute Gasteiger partial charge is 0.234 e. The number of benzene rings is 3. The summed E-state index contributed by atoms with van der Waals surface area (Å²) in [6, 6.07) is 23.0. The summed E-state index contributed by atoms with van der Waals surface area (Å²) in [5.74, 6) is 1.93. The van der Waals surface area contributed by atoms with Crippen LogP contribution >= 0.6 is 23.4 Å². The van der Waals surface area contributed by atoms with E-state index in [0.717, 1.165) is 38.7 Å². The lowest BCUT2D eigenvalue weighted by Gasteiger charge is -2.22. The van der Waals surface area contributed by atoms with Crippen LogP contribution in [0.4, 0.5) is 5.69 Å². The molecule has 33 heavy (non-hydrogen) atoms. The van der Waals surface area contributed by atoms with E-state index in [1.54, 1.807) is 6.07 Å². The molecule has 5 nitrogen and oxygen atoms in total. The lowest BCUT2D eigenvalue weighted by atomic mass is 10.0. The van der Waals surface area contributed by atoms with Gasteiger partial charge in [0.2, 0.25) is 11.8 Å². The van der Waals surface area contributed by atoms with Crippen molar-refractivity contribution < 1.29 is 9.53 Å². The number of rotatable bonds is 5. The number of halogens is 1. The number of nitrogens with one attached hydrogen (secondary N) is 1. The van der Waals surface area contributed by atoms with Gasteiger partial charge in [0.25, 0.3) is 0 Å². The molecule has 0 fully saturated rings. The van der Waals surface area contributed by atoms with Gasteiger partial charge in [-0.25, -0.2) is 4.98 Å². The van der Waals surface area contributed by atoms with E-state index in [2.05, 4.69) is 10.3 Å². The predicted octanol–water partition coefficient (Wildman–Crippen LogP) is 6.53. The predicted molar refractivity (Wildman–Crippen MR) is 132 cm³/mol. The number of thioether (sulfide) groups is 1. The minimum atomic E-state index is -0.0978. The van der Waals surface area contributed by atoms with E-state index in [1.165, 1.54) is 11.8 Å². The van der Waals surface area contributed by atoms with Gasteiger partial charge in [0, 0.05) is 28.3 Å². The Bertz CT molecular complexity index is 1340. The fourth-order valence-corrected chi connectivity index (χ4v) is 4.67.